The van der Waals surface area contributed by atoms with Gasteiger partial charge in [0.25, 0.3) is 0 Å². The SMILES string of the molecule is COc1ccc2ncc(CO)c(CCCC3(C(=O)O)CCN(CCOc4cc(F)cc(F)c4)CC3)c2c1. The lowest BCUT2D eigenvalue weighted by Gasteiger charge is -2.39. The highest BCUT2D eigenvalue weighted by Crippen LogP contribution is 2.38. The van der Waals surface area contributed by atoms with Gasteiger partial charge in [0, 0.05) is 36.3 Å². The fourth-order valence-electron chi connectivity index (χ4n) is 5.11. The van der Waals surface area contributed by atoms with Crippen LogP contribution in [-0.2, 0) is 17.8 Å². The highest BCUT2D eigenvalue weighted by molar-refractivity contribution is 5.84. The van der Waals surface area contributed by atoms with Crippen LogP contribution >= 0.6 is 0 Å². The van der Waals surface area contributed by atoms with Gasteiger partial charge in [-0.1, -0.05) is 0 Å². The topological polar surface area (TPSA) is 92.1 Å². The number of fused-ring (bicyclic) bond motifs is 1. The molecule has 0 radical (unpaired) electrons. The van der Waals surface area contributed by atoms with Crippen molar-refractivity contribution < 1.29 is 33.3 Å². The molecule has 2 aromatic carbocycles. The molecule has 0 atom stereocenters. The number of hydrogen-bond acceptors (Lipinski definition) is 6. The summed E-state index contributed by atoms with van der Waals surface area (Å²) in [5.41, 5.74) is 1.69. The standard InChI is InChI=1S/C28H32F2N2O5/c1-36-22-4-5-26-25(16-22)24(19(18-33)17-31-26)3-2-6-28(27(34)35)7-9-32(10-8-28)11-12-37-23-14-20(29)13-21(30)15-23/h4-5,13-17,33H,2-3,6-12,18H2,1H3,(H,34,35). The minimum atomic E-state index is -0.817. The van der Waals surface area contributed by atoms with Crippen molar-refractivity contribution in [1.29, 1.82) is 0 Å². The number of aryl methyl sites for hydroxylation is 1. The molecule has 37 heavy (non-hydrogen) atoms. The number of aromatic nitrogens is 1. The number of carbonyl (C=O) groups is 1. The normalized spacial score (nSPS) is 15.6. The Labute approximate surface area is 214 Å². The van der Waals surface area contributed by atoms with Gasteiger partial charge in [-0.05, 0) is 74.5 Å². The minimum absolute atomic E-state index is 0.137. The van der Waals surface area contributed by atoms with Crippen molar-refractivity contribution in [3.8, 4) is 11.5 Å². The maximum absolute atomic E-state index is 13.3. The number of piperidine rings is 1. The molecule has 4 rings (SSSR count). The summed E-state index contributed by atoms with van der Waals surface area (Å²) in [6.45, 7) is 1.86. The summed E-state index contributed by atoms with van der Waals surface area (Å²) in [7, 11) is 1.60. The Hall–Kier alpha value is -3.30. The zero-order valence-corrected chi connectivity index (χ0v) is 20.9. The number of aliphatic hydroxyl groups excluding tert-OH is 1. The first-order valence-electron chi connectivity index (χ1n) is 12.4. The molecule has 0 spiro atoms. The van der Waals surface area contributed by atoms with Crippen LogP contribution in [0.15, 0.2) is 42.6 Å². The van der Waals surface area contributed by atoms with Gasteiger partial charge in [-0.15, -0.1) is 0 Å². The zero-order valence-electron chi connectivity index (χ0n) is 20.9. The van der Waals surface area contributed by atoms with Gasteiger partial charge < -0.3 is 19.7 Å². The second-order valence-electron chi connectivity index (χ2n) is 9.54. The molecule has 2 heterocycles. The predicted octanol–water partition coefficient (Wildman–Crippen LogP) is 4.58. The first kappa shape index (κ1) is 26.8. The first-order valence-corrected chi connectivity index (χ1v) is 12.4. The molecule has 7 nitrogen and oxygen atoms in total. The van der Waals surface area contributed by atoms with E-state index in [1.165, 1.54) is 0 Å². The molecule has 3 aromatic rings. The average molecular weight is 515 g/mol. The number of likely N-dealkylation sites (tertiary alicyclic amines) is 1. The number of carboxylic acid groups (broad SMARTS) is 1. The van der Waals surface area contributed by atoms with E-state index >= 15 is 0 Å². The number of nitrogens with zero attached hydrogens (tertiary/aromatic N) is 2. The van der Waals surface area contributed by atoms with Crippen LogP contribution in [0.4, 0.5) is 8.78 Å². The van der Waals surface area contributed by atoms with Crippen LogP contribution in [0.2, 0.25) is 0 Å². The van der Waals surface area contributed by atoms with Crippen molar-refractivity contribution in [2.75, 3.05) is 33.4 Å². The number of ether oxygens (including phenoxy) is 2. The van der Waals surface area contributed by atoms with E-state index in [1.54, 1.807) is 13.3 Å². The van der Waals surface area contributed by atoms with Gasteiger partial charge in [-0.3, -0.25) is 14.7 Å². The largest absolute Gasteiger partial charge is 0.497 e. The van der Waals surface area contributed by atoms with Crippen molar-refractivity contribution in [2.24, 2.45) is 5.41 Å². The molecule has 0 bridgehead atoms. The molecule has 0 saturated carbocycles. The monoisotopic (exact) mass is 514 g/mol. The van der Waals surface area contributed by atoms with Crippen LogP contribution < -0.4 is 9.47 Å². The maximum Gasteiger partial charge on any atom is 0.309 e. The Bertz CT molecular complexity index is 1220. The third kappa shape index (κ3) is 6.34. The summed E-state index contributed by atoms with van der Waals surface area (Å²) in [5, 5.41) is 20.9. The first-order chi connectivity index (χ1) is 17.8. The predicted molar refractivity (Wildman–Crippen MR) is 135 cm³/mol. The quantitative estimate of drug-likeness (QED) is 0.387. The lowest BCUT2D eigenvalue weighted by Crippen LogP contribution is -2.45. The number of aliphatic hydroxyl groups is 1. The number of aliphatic carboxylic acids is 1. The lowest BCUT2D eigenvalue weighted by molar-refractivity contribution is -0.152. The third-order valence-electron chi connectivity index (χ3n) is 7.31. The second kappa shape index (κ2) is 11.8. The van der Waals surface area contributed by atoms with E-state index in [0.29, 0.717) is 57.5 Å². The average Bonchev–Trinajstić information content (AvgIpc) is 2.88. The minimum Gasteiger partial charge on any atom is -0.497 e. The Morgan fingerprint density at radius 2 is 1.84 bits per heavy atom. The van der Waals surface area contributed by atoms with Crippen LogP contribution in [0.1, 0.15) is 36.8 Å². The van der Waals surface area contributed by atoms with Gasteiger partial charge >= 0.3 is 5.97 Å². The fraction of sp³-hybridized carbons (Fsp3) is 0.429. The zero-order chi connectivity index (χ0) is 26.4. The van der Waals surface area contributed by atoms with E-state index in [9.17, 15) is 23.8 Å². The Morgan fingerprint density at radius 1 is 1.11 bits per heavy atom. The van der Waals surface area contributed by atoms with Crippen molar-refractivity contribution >= 4 is 16.9 Å². The highest BCUT2D eigenvalue weighted by atomic mass is 19.1. The van der Waals surface area contributed by atoms with Gasteiger partial charge in [0.1, 0.15) is 29.7 Å². The van der Waals surface area contributed by atoms with E-state index in [4.69, 9.17) is 9.47 Å². The number of pyridine rings is 1. The van der Waals surface area contributed by atoms with E-state index in [1.807, 2.05) is 18.2 Å². The fourth-order valence-corrected chi connectivity index (χ4v) is 5.11. The highest BCUT2D eigenvalue weighted by Gasteiger charge is 2.40. The smallest absolute Gasteiger partial charge is 0.309 e. The summed E-state index contributed by atoms with van der Waals surface area (Å²) in [4.78, 5) is 18.9. The Kier molecular flexibility index (Phi) is 8.56. The van der Waals surface area contributed by atoms with Gasteiger partial charge in [0.05, 0.1) is 24.6 Å². The molecule has 0 amide bonds. The number of rotatable bonds is 11. The van der Waals surface area contributed by atoms with E-state index < -0.39 is 23.0 Å². The molecule has 2 N–H and O–H groups in total. The Morgan fingerprint density at radius 3 is 2.49 bits per heavy atom. The summed E-state index contributed by atoms with van der Waals surface area (Å²) in [5.74, 6) is -1.33. The lowest BCUT2D eigenvalue weighted by atomic mass is 9.74. The van der Waals surface area contributed by atoms with E-state index in [-0.39, 0.29) is 19.0 Å². The molecule has 1 aliphatic heterocycles. The number of benzene rings is 2. The second-order valence-corrected chi connectivity index (χ2v) is 9.54. The molecular formula is C28H32F2N2O5. The van der Waals surface area contributed by atoms with E-state index in [2.05, 4.69) is 9.88 Å². The van der Waals surface area contributed by atoms with Crippen molar-refractivity contribution in [2.45, 2.75) is 38.7 Å². The van der Waals surface area contributed by atoms with Crippen molar-refractivity contribution in [3.63, 3.8) is 0 Å². The number of methoxy groups -OCH3 is 1. The van der Waals surface area contributed by atoms with Crippen LogP contribution in [0.25, 0.3) is 10.9 Å². The molecule has 198 valence electrons. The molecule has 1 aliphatic rings. The summed E-state index contributed by atoms with van der Waals surface area (Å²) in [6, 6.07) is 8.69. The summed E-state index contributed by atoms with van der Waals surface area (Å²) >= 11 is 0. The number of carboxylic acids is 1. The Balaban J connectivity index is 1.35. The number of hydrogen-bond donors (Lipinski definition) is 2. The van der Waals surface area contributed by atoms with Crippen molar-refractivity contribution in [3.05, 3.63) is 65.4 Å². The molecule has 0 aliphatic carbocycles. The van der Waals surface area contributed by atoms with Gasteiger partial charge in [-0.25, -0.2) is 8.78 Å². The molecule has 1 saturated heterocycles. The summed E-state index contributed by atoms with van der Waals surface area (Å²) < 4.78 is 37.5. The van der Waals surface area contributed by atoms with Crippen LogP contribution in [0.5, 0.6) is 11.5 Å². The third-order valence-corrected chi connectivity index (χ3v) is 7.31. The molecule has 9 heteroatoms. The number of halogens is 2. The van der Waals surface area contributed by atoms with Gasteiger partial charge in [-0.2, -0.15) is 0 Å². The summed E-state index contributed by atoms with van der Waals surface area (Å²) in [6.07, 6.45) is 4.50. The van der Waals surface area contributed by atoms with Gasteiger partial charge in [0.15, 0.2) is 0 Å². The van der Waals surface area contributed by atoms with Crippen LogP contribution in [0.3, 0.4) is 0 Å². The molecular weight excluding hydrogens is 482 g/mol. The van der Waals surface area contributed by atoms with Crippen LogP contribution in [-0.4, -0.2) is 59.4 Å². The van der Waals surface area contributed by atoms with Crippen LogP contribution in [0, 0.1) is 17.0 Å². The van der Waals surface area contributed by atoms with E-state index in [0.717, 1.165) is 40.2 Å². The molecule has 1 fully saturated rings. The maximum atomic E-state index is 13.3. The molecule has 0 unspecified atom stereocenters. The van der Waals surface area contributed by atoms with Crippen molar-refractivity contribution in [1.82, 2.24) is 9.88 Å². The van der Waals surface area contributed by atoms with Gasteiger partial charge in [0.2, 0.25) is 0 Å². The molecule has 1 aromatic heterocycles.